The number of carbonyl (C=O) groups is 2. The number of anilines is 2. The summed E-state index contributed by atoms with van der Waals surface area (Å²) in [5.41, 5.74) is 1.06. The number of hydrogen-bond donors (Lipinski definition) is 2. The standard InChI is InChI=1S/C30H30N2O8S/c33-29-27-11-9-21(39-27)19-41-20-22-10-12-28(40-22)30(34)32-24-6-2-4-8-26(24)38-18-16-36-14-13-35-15-17-37-25-7-3-1-5-23(25)31-29/h1-12H,13-20H2,(H,31,33)(H,32,34). The molecule has 2 N–H and O–H groups in total. The summed E-state index contributed by atoms with van der Waals surface area (Å²) in [6.07, 6.45) is 0. The van der Waals surface area contributed by atoms with Gasteiger partial charge < -0.3 is 38.4 Å². The molecule has 2 aromatic carbocycles. The highest BCUT2D eigenvalue weighted by molar-refractivity contribution is 7.97. The number of carbonyl (C=O) groups excluding carboxylic acids is 2. The van der Waals surface area contributed by atoms with Gasteiger partial charge in [-0.2, -0.15) is 0 Å². The maximum Gasteiger partial charge on any atom is 0.291 e. The average molecular weight is 579 g/mol. The first-order valence-electron chi connectivity index (χ1n) is 13.1. The third-order valence-corrected chi connectivity index (χ3v) is 6.85. The van der Waals surface area contributed by atoms with Crippen molar-refractivity contribution in [2.45, 2.75) is 11.5 Å². The number of benzene rings is 2. The Labute approximate surface area is 241 Å². The first-order valence-corrected chi connectivity index (χ1v) is 14.3. The molecular weight excluding hydrogens is 548 g/mol. The highest BCUT2D eigenvalue weighted by Crippen LogP contribution is 2.27. The van der Waals surface area contributed by atoms with Crippen molar-refractivity contribution in [3.8, 4) is 11.5 Å². The minimum absolute atomic E-state index is 0.192. The Kier molecular flexibility index (Phi) is 9.99. The number of rotatable bonds is 0. The fraction of sp³-hybridized carbons (Fsp3) is 0.267. The van der Waals surface area contributed by atoms with E-state index in [1.807, 2.05) is 24.3 Å². The van der Waals surface area contributed by atoms with E-state index < -0.39 is 0 Å². The van der Waals surface area contributed by atoms with Gasteiger partial charge >= 0.3 is 0 Å². The first-order chi connectivity index (χ1) is 20.2. The Morgan fingerprint density at radius 2 is 0.976 bits per heavy atom. The normalized spacial score (nSPS) is 16.1. The maximum atomic E-state index is 12.8. The number of hydrogen-bond acceptors (Lipinski definition) is 9. The van der Waals surface area contributed by atoms with Crippen molar-refractivity contribution in [3.63, 3.8) is 0 Å². The zero-order chi connectivity index (χ0) is 28.3. The summed E-state index contributed by atoms with van der Waals surface area (Å²) in [5, 5.41) is 5.69. The third-order valence-electron chi connectivity index (χ3n) is 5.87. The molecule has 10 nitrogen and oxygen atoms in total. The second kappa shape index (κ2) is 14.4. The van der Waals surface area contributed by atoms with Crippen LogP contribution in [0.5, 0.6) is 11.5 Å². The predicted octanol–water partition coefficient (Wildman–Crippen LogP) is 5.62. The summed E-state index contributed by atoms with van der Waals surface area (Å²) in [6.45, 7) is 2.09. The van der Waals surface area contributed by atoms with Crippen LogP contribution in [0.3, 0.4) is 0 Å². The molecule has 214 valence electrons. The smallest absolute Gasteiger partial charge is 0.291 e. The number of ether oxygens (including phenoxy) is 4. The molecule has 2 aromatic heterocycles. The van der Waals surface area contributed by atoms with Crippen LogP contribution < -0.4 is 20.1 Å². The number of para-hydroxylation sites is 4. The van der Waals surface area contributed by atoms with E-state index in [1.165, 1.54) is 11.8 Å². The molecule has 1 aliphatic rings. The van der Waals surface area contributed by atoms with Gasteiger partial charge in [-0.3, -0.25) is 9.59 Å². The van der Waals surface area contributed by atoms with Gasteiger partial charge in [0.15, 0.2) is 11.5 Å². The van der Waals surface area contributed by atoms with Crippen molar-refractivity contribution < 1.29 is 37.4 Å². The van der Waals surface area contributed by atoms with E-state index in [1.54, 1.807) is 48.5 Å². The summed E-state index contributed by atoms with van der Waals surface area (Å²) < 4.78 is 34.3. The quantitative estimate of drug-likeness (QED) is 0.274. The van der Waals surface area contributed by atoms with Gasteiger partial charge in [-0.05, 0) is 48.5 Å². The SMILES string of the molecule is O=C1Nc2ccccc2OCCOCCOCCOc2ccccc2NC(=O)c2ccc(o2)CSCc2ccc1o2. The second-order valence-electron chi connectivity index (χ2n) is 8.85. The zero-order valence-corrected chi connectivity index (χ0v) is 23.1. The van der Waals surface area contributed by atoms with Crippen LogP contribution in [0, 0.1) is 0 Å². The number of furan rings is 2. The maximum absolute atomic E-state index is 12.8. The Balaban J connectivity index is 1.25. The molecule has 2 amide bonds. The molecular formula is C30H30N2O8S. The molecule has 1 aliphatic heterocycles. The highest BCUT2D eigenvalue weighted by Gasteiger charge is 2.16. The lowest BCUT2D eigenvalue weighted by molar-refractivity contribution is 0.0275. The van der Waals surface area contributed by atoms with Crippen molar-refractivity contribution in [2.75, 3.05) is 50.3 Å². The van der Waals surface area contributed by atoms with Gasteiger partial charge in [-0.15, -0.1) is 11.8 Å². The largest absolute Gasteiger partial charge is 0.489 e. The molecule has 5 rings (SSSR count). The van der Waals surface area contributed by atoms with Crippen molar-refractivity contribution >= 4 is 35.0 Å². The van der Waals surface area contributed by atoms with Gasteiger partial charge in [0.1, 0.15) is 36.2 Å². The zero-order valence-electron chi connectivity index (χ0n) is 22.3. The molecule has 0 atom stereocenters. The minimum atomic E-state index is -0.379. The van der Waals surface area contributed by atoms with Gasteiger partial charge in [0.25, 0.3) is 11.8 Å². The third kappa shape index (κ3) is 8.16. The molecule has 0 spiro atoms. The Bertz CT molecular complexity index is 1340. The first kappa shape index (κ1) is 28.3. The van der Waals surface area contributed by atoms with Gasteiger partial charge in [0.05, 0.1) is 49.3 Å². The fourth-order valence-corrected chi connectivity index (χ4v) is 4.72. The Morgan fingerprint density at radius 3 is 1.46 bits per heavy atom. The molecule has 41 heavy (non-hydrogen) atoms. The fourth-order valence-electron chi connectivity index (χ4n) is 3.91. The predicted molar refractivity (Wildman–Crippen MR) is 154 cm³/mol. The Hall–Kier alpha value is -4.19. The van der Waals surface area contributed by atoms with E-state index in [0.717, 1.165) is 0 Å². The van der Waals surface area contributed by atoms with Crippen LogP contribution in [0.15, 0.2) is 81.6 Å². The summed E-state index contributed by atoms with van der Waals surface area (Å²) in [6, 6.07) is 21.2. The number of nitrogens with one attached hydrogen (secondary N) is 2. The van der Waals surface area contributed by atoms with E-state index in [0.29, 0.717) is 85.5 Å². The van der Waals surface area contributed by atoms with Crippen LogP contribution in [-0.2, 0) is 21.0 Å². The summed E-state index contributed by atoms with van der Waals surface area (Å²) >= 11 is 1.54. The molecule has 4 bridgehead atoms. The molecule has 0 saturated carbocycles. The van der Waals surface area contributed by atoms with Crippen molar-refractivity contribution in [1.29, 1.82) is 0 Å². The van der Waals surface area contributed by atoms with Crippen LogP contribution in [0.2, 0.25) is 0 Å². The van der Waals surface area contributed by atoms with Gasteiger partial charge in [-0.1, -0.05) is 24.3 Å². The topological polar surface area (TPSA) is 121 Å². The lowest BCUT2D eigenvalue weighted by Gasteiger charge is -2.13. The molecule has 0 saturated heterocycles. The monoisotopic (exact) mass is 578 g/mol. The molecule has 4 aromatic rings. The minimum Gasteiger partial charge on any atom is -0.489 e. The van der Waals surface area contributed by atoms with Crippen LogP contribution in [0.1, 0.15) is 32.6 Å². The molecule has 11 heteroatoms. The molecule has 0 fully saturated rings. The molecule has 0 aliphatic carbocycles. The summed E-state index contributed by atoms with van der Waals surface area (Å²) in [5.74, 6) is 3.01. The molecule has 3 heterocycles. The van der Waals surface area contributed by atoms with E-state index >= 15 is 0 Å². The second-order valence-corrected chi connectivity index (χ2v) is 9.83. The van der Waals surface area contributed by atoms with Crippen molar-refractivity contribution in [3.05, 3.63) is 95.8 Å². The van der Waals surface area contributed by atoms with E-state index in [4.69, 9.17) is 27.8 Å². The molecule has 0 radical (unpaired) electrons. The summed E-state index contributed by atoms with van der Waals surface area (Å²) in [7, 11) is 0. The van der Waals surface area contributed by atoms with E-state index in [9.17, 15) is 9.59 Å². The van der Waals surface area contributed by atoms with Gasteiger partial charge in [0, 0.05) is 0 Å². The number of amides is 2. The van der Waals surface area contributed by atoms with Crippen LogP contribution in [-0.4, -0.2) is 51.5 Å². The summed E-state index contributed by atoms with van der Waals surface area (Å²) in [4.78, 5) is 25.6. The van der Waals surface area contributed by atoms with Crippen LogP contribution in [0.25, 0.3) is 0 Å². The lowest BCUT2D eigenvalue weighted by Crippen LogP contribution is -2.15. The van der Waals surface area contributed by atoms with Gasteiger partial charge in [-0.25, -0.2) is 0 Å². The lowest BCUT2D eigenvalue weighted by atomic mass is 10.3. The van der Waals surface area contributed by atoms with Crippen LogP contribution in [0.4, 0.5) is 11.4 Å². The number of fused-ring (bicyclic) bond motifs is 6. The average Bonchev–Trinajstić information content (AvgIpc) is 3.66. The van der Waals surface area contributed by atoms with E-state index in [2.05, 4.69) is 10.6 Å². The van der Waals surface area contributed by atoms with E-state index in [-0.39, 0.29) is 23.3 Å². The Morgan fingerprint density at radius 1 is 0.537 bits per heavy atom. The molecule has 0 unspecified atom stereocenters. The van der Waals surface area contributed by atoms with Crippen molar-refractivity contribution in [2.24, 2.45) is 0 Å². The van der Waals surface area contributed by atoms with Crippen molar-refractivity contribution in [1.82, 2.24) is 0 Å². The van der Waals surface area contributed by atoms with Crippen LogP contribution >= 0.6 is 11.8 Å². The number of thioether (sulfide) groups is 1. The highest BCUT2D eigenvalue weighted by atomic mass is 32.2. The van der Waals surface area contributed by atoms with Gasteiger partial charge in [0.2, 0.25) is 0 Å².